The molecule has 11 heteroatoms. The number of anilines is 2. The van der Waals surface area contributed by atoms with Gasteiger partial charge < -0.3 is 5.32 Å². The number of carbonyl (C=O) groups is 1. The Kier molecular flexibility index (Phi) is 6.79. The van der Waals surface area contributed by atoms with E-state index in [-0.39, 0.29) is 26.4 Å². The Morgan fingerprint density at radius 1 is 1.15 bits per heavy atom. The first-order valence-corrected chi connectivity index (χ1v) is 10.6. The topological polar surface area (TPSA) is 66.5 Å². The fourth-order valence-electron chi connectivity index (χ4n) is 2.00. The van der Waals surface area contributed by atoms with Crippen LogP contribution in [-0.4, -0.2) is 27.1 Å². The summed E-state index contributed by atoms with van der Waals surface area (Å²) in [5.74, 6) is -1.44. The molecule has 26 heavy (non-hydrogen) atoms. The van der Waals surface area contributed by atoms with Crippen molar-refractivity contribution >= 4 is 78.0 Å². The van der Waals surface area contributed by atoms with Crippen LogP contribution in [0.15, 0.2) is 34.8 Å². The highest BCUT2D eigenvalue weighted by Crippen LogP contribution is 2.35. The van der Waals surface area contributed by atoms with E-state index in [9.17, 15) is 17.6 Å². The minimum atomic E-state index is -3.89. The van der Waals surface area contributed by atoms with Crippen molar-refractivity contribution in [1.82, 2.24) is 0 Å². The highest BCUT2D eigenvalue weighted by atomic mass is 79.9. The minimum absolute atomic E-state index is 0.00699. The average Bonchev–Trinajstić information content (AvgIpc) is 2.50. The van der Waals surface area contributed by atoms with Gasteiger partial charge in [-0.25, -0.2) is 12.8 Å². The first-order valence-electron chi connectivity index (χ1n) is 6.86. The van der Waals surface area contributed by atoms with E-state index in [0.29, 0.717) is 4.47 Å². The molecule has 0 heterocycles. The van der Waals surface area contributed by atoms with Crippen LogP contribution in [0.5, 0.6) is 0 Å². The van der Waals surface area contributed by atoms with Gasteiger partial charge in [0.1, 0.15) is 12.4 Å². The largest absolute Gasteiger partial charge is 0.322 e. The molecule has 140 valence electrons. The second-order valence-corrected chi connectivity index (χ2v) is 9.20. The summed E-state index contributed by atoms with van der Waals surface area (Å²) in [7, 11) is -3.89. The maximum Gasteiger partial charge on any atom is 0.245 e. The van der Waals surface area contributed by atoms with E-state index in [1.807, 2.05) is 0 Å². The monoisotopic (exact) mass is 502 g/mol. The van der Waals surface area contributed by atoms with Gasteiger partial charge in [0.15, 0.2) is 0 Å². The maximum absolute atomic E-state index is 13.8. The van der Waals surface area contributed by atoms with E-state index in [0.717, 1.165) is 10.6 Å². The van der Waals surface area contributed by atoms with Gasteiger partial charge in [-0.05, 0) is 30.3 Å². The summed E-state index contributed by atoms with van der Waals surface area (Å²) in [5, 5.41) is 2.51. The van der Waals surface area contributed by atoms with Gasteiger partial charge in [0.05, 0.1) is 32.7 Å². The van der Waals surface area contributed by atoms with Crippen molar-refractivity contribution in [3.63, 3.8) is 0 Å². The predicted molar refractivity (Wildman–Crippen MR) is 106 cm³/mol. The average molecular weight is 505 g/mol. The molecule has 5 nitrogen and oxygen atoms in total. The molecule has 0 aliphatic heterocycles. The van der Waals surface area contributed by atoms with Crippen molar-refractivity contribution in [2.45, 2.75) is 0 Å². The van der Waals surface area contributed by atoms with Crippen LogP contribution < -0.4 is 9.62 Å². The SMILES string of the molecule is CS(=O)(=O)N(CC(=O)Nc1ccc(Br)cc1F)c1cc(Cl)c(Cl)cc1Cl. The van der Waals surface area contributed by atoms with E-state index in [1.54, 1.807) is 0 Å². The van der Waals surface area contributed by atoms with Crippen molar-refractivity contribution in [2.75, 3.05) is 22.4 Å². The van der Waals surface area contributed by atoms with Crippen molar-refractivity contribution in [2.24, 2.45) is 0 Å². The maximum atomic E-state index is 13.8. The zero-order valence-corrected chi connectivity index (χ0v) is 17.7. The van der Waals surface area contributed by atoms with E-state index in [1.165, 1.54) is 30.3 Å². The van der Waals surface area contributed by atoms with Gasteiger partial charge in [-0.1, -0.05) is 50.7 Å². The lowest BCUT2D eigenvalue weighted by molar-refractivity contribution is -0.114. The second-order valence-electron chi connectivity index (χ2n) is 5.16. The second kappa shape index (κ2) is 8.31. The van der Waals surface area contributed by atoms with Crippen molar-refractivity contribution in [3.8, 4) is 0 Å². The Bertz CT molecular complexity index is 973. The van der Waals surface area contributed by atoms with E-state index >= 15 is 0 Å². The number of amides is 1. The van der Waals surface area contributed by atoms with Crippen molar-refractivity contribution < 1.29 is 17.6 Å². The Balaban J connectivity index is 2.32. The van der Waals surface area contributed by atoms with Crippen LogP contribution >= 0.6 is 50.7 Å². The lowest BCUT2D eigenvalue weighted by Crippen LogP contribution is -2.37. The number of halogens is 5. The van der Waals surface area contributed by atoms with Gasteiger partial charge in [-0.15, -0.1) is 0 Å². The van der Waals surface area contributed by atoms with Gasteiger partial charge in [0.25, 0.3) is 0 Å². The van der Waals surface area contributed by atoms with E-state index < -0.39 is 28.3 Å². The Hall–Kier alpha value is -1.06. The zero-order chi connectivity index (χ0) is 19.6. The molecule has 0 aliphatic carbocycles. The summed E-state index contributed by atoms with van der Waals surface area (Å²) in [5.41, 5.74) is -0.109. The molecule has 0 aliphatic rings. The normalized spacial score (nSPS) is 11.3. The fourth-order valence-corrected chi connectivity index (χ4v) is 3.88. The number of nitrogens with zero attached hydrogens (tertiary/aromatic N) is 1. The van der Waals surface area contributed by atoms with E-state index in [2.05, 4.69) is 21.2 Å². The van der Waals surface area contributed by atoms with Crippen LogP contribution in [-0.2, 0) is 14.8 Å². The summed E-state index contributed by atoms with van der Waals surface area (Å²) in [6.07, 6.45) is 0.902. The first kappa shape index (κ1) is 21.2. The van der Waals surface area contributed by atoms with Crippen LogP contribution in [0.25, 0.3) is 0 Å². The molecule has 2 rings (SSSR count). The molecular weight excluding hydrogens is 494 g/mol. The summed E-state index contributed by atoms with van der Waals surface area (Å²) in [6, 6.07) is 6.54. The van der Waals surface area contributed by atoms with Crippen molar-refractivity contribution in [3.05, 3.63) is 55.7 Å². The molecule has 2 aromatic carbocycles. The lowest BCUT2D eigenvalue weighted by Gasteiger charge is -2.23. The smallest absolute Gasteiger partial charge is 0.245 e. The lowest BCUT2D eigenvalue weighted by atomic mass is 10.3. The highest BCUT2D eigenvalue weighted by molar-refractivity contribution is 9.10. The molecule has 0 fully saturated rings. The summed E-state index contributed by atoms with van der Waals surface area (Å²) in [4.78, 5) is 12.2. The molecule has 0 unspecified atom stereocenters. The minimum Gasteiger partial charge on any atom is -0.322 e. The van der Waals surface area contributed by atoms with Gasteiger partial charge in [0.2, 0.25) is 15.9 Å². The molecule has 0 radical (unpaired) electrons. The van der Waals surface area contributed by atoms with Crippen LogP contribution in [0.4, 0.5) is 15.8 Å². The van der Waals surface area contributed by atoms with Crippen LogP contribution in [0.1, 0.15) is 0 Å². The first-order chi connectivity index (χ1) is 12.0. The molecule has 1 N–H and O–H groups in total. The Morgan fingerprint density at radius 2 is 1.77 bits per heavy atom. The Labute approximate surface area is 173 Å². The summed E-state index contributed by atoms with van der Waals surface area (Å²) in [6.45, 7) is -0.633. The van der Waals surface area contributed by atoms with Crippen LogP contribution in [0.2, 0.25) is 15.1 Å². The number of rotatable bonds is 5. The predicted octanol–water partition coefficient (Wildman–Crippen LogP) is 4.95. The standard InChI is InChI=1S/C15H11BrCl3FN2O3S/c1-26(24,25)22(14-6-10(18)9(17)5-11(14)19)7-15(23)21-13-3-2-8(16)4-12(13)20/h2-6H,7H2,1H3,(H,21,23). The van der Waals surface area contributed by atoms with Gasteiger partial charge in [0, 0.05) is 4.47 Å². The number of benzene rings is 2. The van der Waals surface area contributed by atoms with Gasteiger partial charge in [-0.2, -0.15) is 0 Å². The number of nitrogens with one attached hydrogen (secondary N) is 1. The summed E-state index contributed by atoms with van der Waals surface area (Å²) < 4.78 is 39.3. The molecule has 1 amide bonds. The van der Waals surface area contributed by atoms with E-state index in [4.69, 9.17) is 34.8 Å². The van der Waals surface area contributed by atoms with Crippen LogP contribution in [0.3, 0.4) is 0 Å². The summed E-state index contributed by atoms with van der Waals surface area (Å²) >= 11 is 20.9. The zero-order valence-electron chi connectivity index (χ0n) is 13.1. The fraction of sp³-hybridized carbons (Fsp3) is 0.133. The molecule has 0 bridgehead atoms. The molecule has 0 atom stereocenters. The number of hydrogen-bond acceptors (Lipinski definition) is 3. The Morgan fingerprint density at radius 3 is 2.35 bits per heavy atom. The number of carbonyl (C=O) groups excluding carboxylic acids is 1. The molecular formula is C15H11BrCl3FN2O3S. The molecule has 2 aromatic rings. The molecule has 0 spiro atoms. The van der Waals surface area contributed by atoms with Gasteiger partial charge >= 0.3 is 0 Å². The molecule has 0 aromatic heterocycles. The van der Waals surface area contributed by atoms with Gasteiger partial charge in [-0.3, -0.25) is 9.10 Å². The molecule has 0 saturated heterocycles. The molecule has 0 saturated carbocycles. The number of sulfonamides is 1. The number of hydrogen-bond donors (Lipinski definition) is 1. The highest BCUT2D eigenvalue weighted by Gasteiger charge is 2.24. The quantitative estimate of drug-likeness (QED) is 0.586. The third-order valence-electron chi connectivity index (χ3n) is 3.15. The van der Waals surface area contributed by atoms with Crippen molar-refractivity contribution in [1.29, 1.82) is 0 Å². The third-order valence-corrected chi connectivity index (χ3v) is 5.80. The van der Waals surface area contributed by atoms with Crippen LogP contribution in [0, 0.1) is 5.82 Å². The third kappa shape index (κ3) is 5.23.